The maximum atomic E-state index is 13.1. The maximum Gasteiger partial charge on any atom is 0.325 e. The maximum absolute atomic E-state index is 13.1. The average Bonchev–Trinajstić information content (AvgIpc) is 2.98. The molecule has 1 N–H and O–H groups in total. The topological polar surface area (TPSA) is 67.9 Å². The van der Waals surface area contributed by atoms with Gasteiger partial charge in [0.2, 0.25) is 0 Å². The van der Waals surface area contributed by atoms with Crippen molar-refractivity contribution in [1.82, 2.24) is 10.2 Å². The number of ether oxygens (including phenoxy) is 2. The number of amides is 3. The van der Waals surface area contributed by atoms with Crippen LogP contribution < -0.4 is 14.8 Å². The third kappa shape index (κ3) is 3.73. The average molecular weight is 469 g/mol. The minimum Gasteiger partial charge on any atom is -0.497 e. The summed E-state index contributed by atoms with van der Waals surface area (Å²) in [5, 5.41) is 4.81. The van der Waals surface area contributed by atoms with Gasteiger partial charge in [-0.2, -0.15) is 0 Å². The molecular weight excluding hydrogens is 448 g/mol. The van der Waals surface area contributed by atoms with Crippen LogP contribution in [0.3, 0.4) is 0 Å². The number of hydrogen-bond acceptors (Lipinski definition) is 4. The van der Waals surface area contributed by atoms with Gasteiger partial charge >= 0.3 is 6.03 Å². The molecule has 0 bridgehead atoms. The summed E-state index contributed by atoms with van der Waals surface area (Å²) < 4.78 is 11.9. The van der Waals surface area contributed by atoms with Crippen molar-refractivity contribution in [3.05, 3.63) is 70.7 Å². The lowest BCUT2D eigenvalue weighted by atomic mass is 9.90. The summed E-state index contributed by atoms with van der Waals surface area (Å²) in [6, 6.07) is 18.4. The number of fused-ring (bicyclic) bond motifs is 1. The number of carbonyl (C=O) groups is 2. The highest BCUT2D eigenvalue weighted by Gasteiger charge is 2.48. The minimum absolute atomic E-state index is 0.168. The van der Waals surface area contributed by atoms with E-state index in [4.69, 9.17) is 9.47 Å². The number of urea groups is 1. The molecule has 4 rings (SSSR count). The highest BCUT2D eigenvalue weighted by Crippen LogP contribution is 2.32. The SMILES string of the molecule is COc1ccc2cc(C3(C)NC(=O)N(CCOc4ccc(Br)cc4)C3=O)ccc2c1. The Hall–Kier alpha value is -3.06. The molecule has 1 aliphatic rings. The van der Waals surface area contributed by atoms with Gasteiger partial charge in [0.15, 0.2) is 0 Å². The second kappa shape index (κ2) is 7.99. The summed E-state index contributed by atoms with van der Waals surface area (Å²) in [6.45, 7) is 2.11. The molecule has 1 unspecified atom stereocenters. The van der Waals surface area contributed by atoms with Crippen LogP contribution >= 0.6 is 15.9 Å². The van der Waals surface area contributed by atoms with Crippen molar-refractivity contribution in [2.45, 2.75) is 12.5 Å². The van der Waals surface area contributed by atoms with Gasteiger partial charge in [0.1, 0.15) is 23.6 Å². The molecule has 0 radical (unpaired) electrons. The largest absolute Gasteiger partial charge is 0.497 e. The van der Waals surface area contributed by atoms with Crippen molar-refractivity contribution in [3.8, 4) is 11.5 Å². The van der Waals surface area contributed by atoms with Gasteiger partial charge in [-0.15, -0.1) is 0 Å². The summed E-state index contributed by atoms with van der Waals surface area (Å²) in [7, 11) is 1.62. The Morgan fingerprint density at radius 3 is 2.37 bits per heavy atom. The fourth-order valence-electron chi connectivity index (χ4n) is 3.54. The van der Waals surface area contributed by atoms with E-state index in [1.54, 1.807) is 14.0 Å². The summed E-state index contributed by atoms with van der Waals surface area (Å²) in [6.07, 6.45) is 0. The van der Waals surface area contributed by atoms with Crippen LogP contribution in [0.2, 0.25) is 0 Å². The van der Waals surface area contributed by atoms with Crippen LogP contribution in [-0.2, 0) is 10.3 Å². The van der Waals surface area contributed by atoms with Crippen LogP contribution in [0.5, 0.6) is 11.5 Å². The molecule has 0 aliphatic carbocycles. The zero-order chi connectivity index (χ0) is 21.3. The first-order chi connectivity index (χ1) is 14.4. The number of rotatable bonds is 6. The highest BCUT2D eigenvalue weighted by atomic mass is 79.9. The van der Waals surface area contributed by atoms with Gasteiger partial charge in [-0.05, 0) is 65.7 Å². The molecule has 1 aliphatic heterocycles. The molecular formula is C23H21BrN2O4. The molecule has 7 heteroatoms. The quantitative estimate of drug-likeness (QED) is 0.542. The second-order valence-electron chi connectivity index (χ2n) is 7.24. The standard InChI is InChI=1S/C23H21BrN2O4/c1-23(17-5-3-16-14-20(29-2)8-4-15(16)13-17)21(27)26(22(28)25-23)11-12-30-19-9-6-18(24)7-10-19/h3-10,13-14H,11-12H2,1-2H3,(H,25,28). The lowest BCUT2D eigenvalue weighted by Crippen LogP contribution is -2.41. The molecule has 3 amide bonds. The molecule has 154 valence electrons. The number of imide groups is 1. The van der Waals surface area contributed by atoms with Crippen molar-refractivity contribution >= 4 is 38.6 Å². The fourth-order valence-corrected chi connectivity index (χ4v) is 3.81. The predicted octanol–water partition coefficient (Wildman–Crippen LogP) is 4.46. The van der Waals surface area contributed by atoms with E-state index in [0.29, 0.717) is 5.75 Å². The van der Waals surface area contributed by atoms with Gasteiger partial charge in [0, 0.05) is 4.47 Å². The molecule has 1 heterocycles. The Kier molecular flexibility index (Phi) is 5.39. The van der Waals surface area contributed by atoms with Gasteiger partial charge in [-0.25, -0.2) is 4.79 Å². The lowest BCUT2D eigenvalue weighted by molar-refractivity contribution is -0.131. The first-order valence-electron chi connectivity index (χ1n) is 9.51. The summed E-state index contributed by atoms with van der Waals surface area (Å²) in [4.78, 5) is 26.9. The van der Waals surface area contributed by atoms with Crippen molar-refractivity contribution in [2.24, 2.45) is 0 Å². The number of halogens is 1. The van der Waals surface area contributed by atoms with E-state index in [1.807, 2.05) is 60.7 Å². The Labute approximate surface area is 182 Å². The Balaban J connectivity index is 1.50. The molecule has 0 spiro atoms. The van der Waals surface area contributed by atoms with Gasteiger partial charge < -0.3 is 14.8 Å². The summed E-state index contributed by atoms with van der Waals surface area (Å²) >= 11 is 3.37. The van der Waals surface area contributed by atoms with Crippen molar-refractivity contribution in [1.29, 1.82) is 0 Å². The van der Waals surface area contributed by atoms with E-state index in [9.17, 15) is 9.59 Å². The first kappa shape index (κ1) is 20.2. The van der Waals surface area contributed by atoms with E-state index in [1.165, 1.54) is 4.90 Å². The minimum atomic E-state index is -1.12. The molecule has 30 heavy (non-hydrogen) atoms. The molecule has 3 aromatic carbocycles. The molecule has 0 aromatic heterocycles. The smallest absolute Gasteiger partial charge is 0.325 e. The van der Waals surface area contributed by atoms with E-state index in [0.717, 1.165) is 26.6 Å². The normalized spacial score (nSPS) is 18.6. The molecule has 1 saturated heterocycles. The number of benzene rings is 3. The van der Waals surface area contributed by atoms with Crippen LogP contribution in [-0.4, -0.2) is 37.1 Å². The number of hydrogen-bond donors (Lipinski definition) is 1. The van der Waals surface area contributed by atoms with E-state index in [2.05, 4.69) is 21.2 Å². The monoisotopic (exact) mass is 468 g/mol. The van der Waals surface area contributed by atoms with Gasteiger partial charge in [-0.1, -0.05) is 34.1 Å². The Bertz CT molecular complexity index is 1120. The Morgan fingerprint density at radius 1 is 0.967 bits per heavy atom. The number of methoxy groups -OCH3 is 1. The summed E-state index contributed by atoms with van der Waals surface area (Å²) in [5.74, 6) is 1.15. The number of carbonyl (C=O) groups excluding carboxylic acids is 2. The zero-order valence-electron chi connectivity index (χ0n) is 16.6. The predicted molar refractivity (Wildman–Crippen MR) is 118 cm³/mol. The second-order valence-corrected chi connectivity index (χ2v) is 8.16. The van der Waals surface area contributed by atoms with Crippen LogP contribution in [0.4, 0.5) is 4.79 Å². The lowest BCUT2D eigenvalue weighted by Gasteiger charge is -2.23. The van der Waals surface area contributed by atoms with E-state index in [-0.39, 0.29) is 19.1 Å². The van der Waals surface area contributed by atoms with Crippen LogP contribution in [0, 0.1) is 0 Å². The van der Waals surface area contributed by atoms with Crippen LogP contribution in [0.15, 0.2) is 65.1 Å². The molecule has 0 saturated carbocycles. The molecule has 6 nitrogen and oxygen atoms in total. The number of nitrogens with one attached hydrogen (secondary N) is 1. The van der Waals surface area contributed by atoms with Gasteiger partial charge in [-0.3, -0.25) is 9.69 Å². The summed E-state index contributed by atoms with van der Waals surface area (Å²) in [5.41, 5.74) is -0.391. The number of nitrogens with zero attached hydrogens (tertiary/aromatic N) is 1. The third-order valence-corrected chi connectivity index (χ3v) is 5.83. The van der Waals surface area contributed by atoms with Gasteiger partial charge in [0.05, 0.1) is 13.7 Å². The molecule has 1 atom stereocenters. The first-order valence-corrected chi connectivity index (χ1v) is 10.3. The van der Waals surface area contributed by atoms with Crippen molar-refractivity contribution in [2.75, 3.05) is 20.3 Å². The highest BCUT2D eigenvalue weighted by molar-refractivity contribution is 9.10. The molecule has 3 aromatic rings. The van der Waals surface area contributed by atoms with Crippen LogP contribution in [0.25, 0.3) is 10.8 Å². The van der Waals surface area contributed by atoms with E-state index >= 15 is 0 Å². The van der Waals surface area contributed by atoms with Gasteiger partial charge in [0.25, 0.3) is 5.91 Å². The Morgan fingerprint density at radius 2 is 1.63 bits per heavy atom. The van der Waals surface area contributed by atoms with Crippen molar-refractivity contribution in [3.63, 3.8) is 0 Å². The van der Waals surface area contributed by atoms with Crippen LogP contribution in [0.1, 0.15) is 12.5 Å². The third-order valence-electron chi connectivity index (χ3n) is 5.30. The fraction of sp³-hybridized carbons (Fsp3) is 0.217. The van der Waals surface area contributed by atoms with Crippen molar-refractivity contribution < 1.29 is 19.1 Å². The zero-order valence-corrected chi connectivity index (χ0v) is 18.2. The molecule has 1 fully saturated rings. The van der Waals surface area contributed by atoms with E-state index < -0.39 is 11.6 Å².